The Bertz CT molecular complexity index is 644. The summed E-state index contributed by atoms with van der Waals surface area (Å²) >= 11 is 0. The van der Waals surface area contributed by atoms with Gasteiger partial charge in [0.05, 0.1) is 0 Å². The Balaban J connectivity index is 0.000000280. The summed E-state index contributed by atoms with van der Waals surface area (Å²) in [5.74, 6) is -0.00699. The number of nitrogens with zero attached hydrogens (tertiary/aromatic N) is 3. The number of carbonyl (C=O) groups excluding carboxylic acids is 1. The standard InChI is InChI=1S/C12H20N2.C11H16N2O/c1-13(2)9-10-14(3)11-12-7-5-4-6-8-12;1-13(2)9-8-12-11(14)10-6-4-3-5-7-10/h4-8H,9-11H2,1-3H3;3-7H,8-9H2,1-2H3,(H,12,14). The average molecular weight is 385 g/mol. The molecule has 5 nitrogen and oxygen atoms in total. The largest absolute Gasteiger partial charge is 0.351 e. The van der Waals surface area contributed by atoms with Crippen LogP contribution < -0.4 is 5.32 Å². The van der Waals surface area contributed by atoms with Crippen molar-refractivity contribution in [2.24, 2.45) is 0 Å². The maximum Gasteiger partial charge on any atom is 0.251 e. The van der Waals surface area contributed by atoms with Gasteiger partial charge in [-0.1, -0.05) is 48.5 Å². The Labute approximate surface area is 170 Å². The van der Waals surface area contributed by atoms with Crippen LogP contribution in [-0.4, -0.2) is 82.0 Å². The van der Waals surface area contributed by atoms with Gasteiger partial charge in [0.1, 0.15) is 0 Å². The number of benzene rings is 2. The van der Waals surface area contributed by atoms with Gasteiger partial charge in [-0.25, -0.2) is 0 Å². The second-order valence-electron chi connectivity index (χ2n) is 7.45. The molecule has 1 amide bonds. The van der Waals surface area contributed by atoms with Crippen LogP contribution in [0.5, 0.6) is 0 Å². The summed E-state index contributed by atoms with van der Waals surface area (Å²) in [6.07, 6.45) is 0. The molecule has 2 aromatic rings. The summed E-state index contributed by atoms with van der Waals surface area (Å²) in [4.78, 5) is 18.1. The van der Waals surface area contributed by atoms with Crippen molar-refractivity contribution in [3.8, 4) is 0 Å². The van der Waals surface area contributed by atoms with E-state index in [1.165, 1.54) is 5.56 Å². The lowest BCUT2D eigenvalue weighted by Gasteiger charge is -2.19. The molecule has 0 fully saturated rings. The maximum atomic E-state index is 11.5. The van der Waals surface area contributed by atoms with E-state index in [0.717, 1.165) is 26.2 Å². The van der Waals surface area contributed by atoms with Crippen molar-refractivity contribution in [1.29, 1.82) is 0 Å². The van der Waals surface area contributed by atoms with Crippen molar-refractivity contribution in [3.63, 3.8) is 0 Å². The van der Waals surface area contributed by atoms with Crippen LogP contribution in [0.3, 0.4) is 0 Å². The summed E-state index contributed by atoms with van der Waals surface area (Å²) in [5.41, 5.74) is 2.10. The SMILES string of the molecule is CN(C)CCN(C)Cc1ccccc1.CN(C)CCNC(=O)c1ccccc1. The van der Waals surface area contributed by atoms with E-state index in [1.54, 1.807) is 0 Å². The molecule has 0 aliphatic carbocycles. The van der Waals surface area contributed by atoms with Crippen LogP contribution >= 0.6 is 0 Å². The molecule has 0 unspecified atom stereocenters. The Kier molecular flexibility index (Phi) is 11.8. The van der Waals surface area contributed by atoms with Gasteiger partial charge in [-0.15, -0.1) is 0 Å². The van der Waals surface area contributed by atoms with Crippen molar-refractivity contribution in [2.45, 2.75) is 6.54 Å². The van der Waals surface area contributed by atoms with Gasteiger partial charge >= 0.3 is 0 Å². The number of hydrogen-bond donors (Lipinski definition) is 1. The molecule has 28 heavy (non-hydrogen) atoms. The fraction of sp³-hybridized carbons (Fsp3) is 0.435. The molecule has 154 valence electrons. The minimum atomic E-state index is -0.00699. The van der Waals surface area contributed by atoms with Crippen LogP contribution in [-0.2, 0) is 6.54 Å². The zero-order valence-corrected chi connectivity index (χ0v) is 18.1. The van der Waals surface area contributed by atoms with E-state index < -0.39 is 0 Å². The molecule has 1 N–H and O–H groups in total. The summed E-state index contributed by atoms with van der Waals surface area (Å²) in [6, 6.07) is 19.8. The Morgan fingerprint density at radius 3 is 1.82 bits per heavy atom. The molecule has 0 radical (unpaired) electrons. The van der Waals surface area contributed by atoms with E-state index in [4.69, 9.17) is 0 Å². The molecule has 0 atom stereocenters. The minimum Gasteiger partial charge on any atom is -0.351 e. The van der Waals surface area contributed by atoms with Gasteiger partial charge in [0.15, 0.2) is 0 Å². The van der Waals surface area contributed by atoms with Crippen molar-refractivity contribution in [3.05, 3.63) is 71.8 Å². The Hall–Kier alpha value is -2.21. The summed E-state index contributed by atoms with van der Waals surface area (Å²) in [6.45, 7) is 4.80. The number of amides is 1. The third kappa shape index (κ3) is 11.5. The fourth-order valence-electron chi connectivity index (χ4n) is 2.43. The molecule has 0 aliphatic heterocycles. The van der Waals surface area contributed by atoms with E-state index in [2.05, 4.69) is 66.6 Å². The van der Waals surface area contributed by atoms with Crippen LogP contribution in [0.25, 0.3) is 0 Å². The van der Waals surface area contributed by atoms with Gasteiger partial charge in [-0.05, 0) is 52.9 Å². The Morgan fingerprint density at radius 1 is 0.750 bits per heavy atom. The lowest BCUT2D eigenvalue weighted by molar-refractivity contribution is 0.0951. The predicted octanol–water partition coefficient (Wildman–Crippen LogP) is 2.66. The number of nitrogens with one attached hydrogen (secondary N) is 1. The normalized spacial score (nSPS) is 10.7. The van der Waals surface area contributed by atoms with Crippen molar-refractivity contribution < 1.29 is 4.79 Å². The third-order valence-corrected chi connectivity index (χ3v) is 4.10. The van der Waals surface area contributed by atoms with Gasteiger partial charge in [-0.2, -0.15) is 0 Å². The zero-order valence-electron chi connectivity index (χ0n) is 18.1. The predicted molar refractivity (Wildman–Crippen MR) is 119 cm³/mol. The summed E-state index contributed by atoms with van der Waals surface area (Å²) < 4.78 is 0. The first kappa shape index (κ1) is 23.8. The first-order valence-electron chi connectivity index (χ1n) is 9.73. The average Bonchev–Trinajstić information content (AvgIpc) is 2.68. The molecule has 0 spiro atoms. The molecule has 2 rings (SSSR count). The first-order valence-corrected chi connectivity index (χ1v) is 9.73. The molecule has 0 aromatic heterocycles. The lowest BCUT2D eigenvalue weighted by Crippen LogP contribution is -2.31. The van der Waals surface area contributed by atoms with Gasteiger partial charge in [-0.3, -0.25) is 4.79 Å². The summed E-state index contributed by atoms with van der Waals surface area (Å²) in [7, 11) is 10.3. The van der Waals surface area contributed by atoms with E-state index >= 15 is 0 Å². The number of hydrogen-bond acceptors (Lipinski definition) is 4. The van der Waals surface area contributed by atoms with Crippen LogP contribution in [0.1, 0.15) is 15.9 Å². The highest BCUT2D eigenvalue weighted by Crippen LogP contribution is 2.02. The highest BCUT2D eigenvalue weighted by atomic mass is 16.1. The number of likely N-dealkylation sites (N-methyl/N-ethyl adjacent to an activating group) is 3. The highest BCUT2D eigenvalue weighted by Gasteiger charge is 2.02. The second kappa shape index (κ2) is 13.9. The fourth-order valence-corrected chi connectivity index (χ4v) is 2.43. The summed E-state index contributed by atoms with van der Waals surface area (Å²) in [5, 5.41) is 2.85. The van der Waals surface area contributed by atoms with Gasteiger partial charge < -0.3 is 20.0 Å². The molecule has 0 saturated heterocycles. The quantitative estimate of drug-likeness (QED) is 0.721. The third-order valence-electron chi connectivity index (χ3n) is 4.10. The number of carbonyl (C=O) groups is 1. The van der Waals surface area contributed by atoms with Crippen LogP contribution in [0.2, 0.25) is 0 Å². The molecule has 0 heterocycles. The highest BCUT2D eigenvalue weighted by molar-refractivity contribution is 5.94. The van der Waals surface area contributed by atoms with Crippen molar-refractivity contribution in [2.75, 3.05) is 61.4 Å². The molecule has 0 saturated carbocycles. The minimum absolute atomic E-state index is 0.00699. The lowest BCUT2D eigenvalue weighted by atomic mass is 10.2. The van der Waals surface area contributed by atoms with Gasteiger partial charge in [0.2, 0.25) is 0 Å². The smallest absolute Gasteiger partial charge is 0.251 e. The second-order valence-corrected chi connectivity index (χ2v) is 7.45. The molecular formula is C23H36N4O. The number of rotatable bonds is 9. The van der Waals surface area contributed by atoms with Crippen LogP contribution in [0.15, 0.2) is 60.7 Å². The monoisotopic (exact) mass is 384 g/mol. The van der Waals surface area contributed by atoms with Gasteiger partial charge in [0.25, 0.3) is 5.91 Å². The van der Waals surface area contributed by atoms with Crippen LogP contribution in [0, 0.1) is 0 Å². The zero-order chi connectivity index (χ0) is 20.8. The Morgan fingerprint density at radius 2 is 1.29 bits per heavy atom. The first-order chi connectivity index (χ1) is 13.4. The van der Waals surface area contributed by atoms with Crippen molar-refractivity contribution >= 4 is 5.91 Å². The van der Waals surface area contributed by atoms with Gasteiger partial charge in [0, 0.05) is 38.3 Å². The maximum absolute atomic E-state index is 11.5. The molecule has 2 aromatic carbocycles. The van der Waals surface area contributed by atoms with E-state index in [9.17, 15) is 4.79 Å². The topological polar surface area (TPSA) is 38.8 Å². The van der Waals surface area contributed by atoms with Crippen LogP contribution in [0.4, 0.5) is 0 Å². The van der Waals surface area contributed by atoms with E-state index in [-0.39, 0.29) is 5.91 Å². The molecule has 0 aliphatic rings. The van der Waals surface area contributed by atoms with Crippen molar-refractivity contribution in [1.82, 2.24) is 20.0 Å². The molecular weight excluding hydrogens is 348 g/mol. The molecule has 0 bridgehead atoms. The molecule has 5 heteroatoms. The van der Waals surface area contributed by atoms with E-state index in [1.807, 2.05) is 49.3 Å². The van der Waals surface area contributed by atoms with E-state index in [0.29, 0.717) is 12.1 Å².